The fourth-order valence-electron chi connectivity index (χ4n) is 8.61. The summed E-state index contributed by atoms with van der Waals surface area (Å²) in [6.07, 6.45) is 0. The first kappa shape index (κ1) is 29.9. The van der Waals surface area contributed by atoms with Gasteiger partial charge < -0.3 is 0 Å². The monoisotopic (exact) mass is 742 g/mol. The number of benzene rings is 9. The van der Waals surface area contributed by atoms with Gasteiger partial charge in [-0.25, -0.2) is 0 Å². The Morgan fingerprint density at radius 1 is 0.327 bits per heavy atom. The molecule has 2 aromatic heterocycles. The second kappa shape index (κ2) is 11.9. The van der Waals surface area contributed by atoms with Crippen molar-refractivity contribution >= 4 is 88.2 Å². The summed E-state index contributed by atoms with van der Waals surface area (Å²) in [5.41, 5.74) is 9.23. The van der Waals surface area contributed by atoms with Crippen LogP contribution in [0.2, 0.25) is 0 Å². The quantitative estimate of drug-likeness (QED) is 0.124. The summed E-state index contributed by atoms with van der Waals surface area (Å²) < 4.78 is 2.94. The van der Waals surface area contributed by atoms with Crippen LogP contribution >= 0.6 is 11.3 Å². The van der Waals surface area contributed by atoms with Gasteiger partial charge in [0.05, 0.1) is 0 Å². The molecule has 0 saturated heterocycles. The molecule has 2 heterocycles. The molecule has 0 amide bonds. The summed E-state index contributed by atoms with van der Waals surface area (Å²) >= 11 is 1.96. The molecular weight excluding hydrogens is 712 g/mol. The number of fused-ring (bicyclic) bond motifs is 7. The number of thiophene rings is 1. The second-order valence-corrected chi connectivity index (χ2v) is 16.7. The van der Waals surface area contributed by atoms with E-state index in [0.717, 1.165) is 0 Å². The molecule has 0 unspecified atom stereocenters. The Bertz CT molecular complexity index is 3050. The standard InChI is InChI=1S/C50H30SSe/c1-2-14-31(15-3-1)46-34-16-4-6-18-36(34)47(37-19-7-5-17-35(37)46)32-27-28-33-42-24-12-25-43(50(42)52-45(33)30-32)48-38-20-8-10-22-40(38)49(44-26-13-29-51-44)41-23-11-9-21-39(41)48/h1-30H. The predicted octanol–water partition coefficient (Wildman–Crippen LogP) is 14.4. The molecule has 0 aliphatic heterocycles. The van der Waals surface area contributed by atoms with E-state index in [1.54, 1.807) is 0 Å². The molecule has 0 nitrogen and oxygen atoms in total. The van der Waals surface area contributed by atoms with E-state index in [9.17, 15) is 0 Å². The molecule has 2 heteroatoms. The van der Waals surface area contributed by atoms with Crippen molar-refractivity contribution in [1.82, 2.24) is 0 Å². The van der Waals surface area contributed by atoms with Crippen LogP contribution in [0.15, 0.2) is 181 Å². The van der Waals surface area contributed by atoms with Crippen LogP contribution in [0.3, 0.4) is 0 Å². The Hall–Kier alpha value is -5.76. The summed E-state index contributed by atoms with van der Waals surface area (Å²) in [4.78, 5) is 1.32. The average Bonchev–Trinajstić information content (AvgIpc) is 3.88. The third-order valence-corrected chi connectivity index (χ3v) is 14.2. The Balaban J connectivity index is 1.18. The van der Waals surface area contributed by atoms with Gasteiger partial charge in [-0.15, -0.1) is 0 Å². The topological polar surface area (TPSA) is 0 Å². The zero-order valence-corrected chi connectivity index (χ0v) is 30.7. The van der Waals surface area contributed by atoms with Crippen LogP contribution < -0.4 is 0 Å². The second-order valence-electron chi connectivity index (χ2n) is 13.5. The first-order chi connectivity index (χ1) is 25.8. The fraction of sp³-hybridized carbons (Fsp3) is 0. The van der Waals surface area contributed by atoms with E-state index >= 15 is 0 Å². The molecule has 11 aromatic rings. The Kier molecular flexibility index (Phi) is 6.85. The molecule has 52 heavy (non-hydrogen) atoms. The first-order valence-electron chi connectivity index (χ1n) is 17.8. The molecule has 242 valence electrons. The zero-order chi connectivity index (χ0) is 34.2. The van der Waals surface area contributed by atoms with E-state index in [2.05, 4.69) is 181 Å². The van der Waals surface area contributed by atoms with E-state index in [4.69, 9.17) is 0 Å². The van der Waals surface area contributed by atoms with Crippen molar-refractivity contribution in [2.24, 2.45) is 0 Å². The molecule has 11 rings (SSSR count). The molecule has 0 aliphatic rings. The van der Waals surface area contributed by atoms with Crippen LogP contribution in [0.1, 0.15) is 0 Å². The van der Waals surface area contributed by atoms with Crippen molar-refractivity contribution in [3.05, 3.63) is 181 Å². The van der Waals surface area contributed by atoms with Gasteiger partial charge in [0.1, 0.15) is 0 Å². The van der Waals surface area contributed by atoms with Crippen LogP contribution in [0, 0.1) is 0 Å². The molecule has 0 bridgehead atoms. The first-order valence-corrected chi connectivity index (χ1v) is 20.3. The van der Waals surface area contributed by atoms with Gasteiger partial charge in [-0.2, -0.15) is 0 Å². The Morgan fingerprint density at radius 2 is 0.827 bits per heavy atom. The molecule has 0 fully saturated rings. The molecule has 0 N–H and O–H groups in total. The molecule has 0 saturated carbocycles. The van der Waals surface area contributed by atoms with E-state index in [1.165, 1.54) is 106 Å². The minimum atomic E-state index is 0.140. The van der Waals surface area contributed by atoms with E-state index in [1.807, 2.05) is 11.3 Å². The zero-order valence-electron chi connectivity index (χ0n) is 28.1. The molecule has 9 aromatic carbocycles. The third kappa shape index (κ3) is 4.46. The van der Waals surface area contributed by atoms with Crippen LogP contribution in [0.25, 0.3) is 106 Å². The summed E-state index contributed by atoms with van der Waals surface area (Å²) in [7, 11) is 0. The summed E-state index contributed by atoms with van der Waals surface area (Å²) in [6.45, 7) is 0. The predicted molar refractivity (Wildman–Crippen MR) is 228 cm³/mol. The van der Waals surface area contributed by atoms with E-state index in [0.29, 0.717) is 0 Å². The molecule has 0 aliphatic carbocycles. The normalized spacial score (nSPS) is 11.8. The fourth-order valence-corrected chi connectivity index (χ4v) is 12.1. The van der Waals surface area contributed by atoms with Gasteiger partial charge in [-0.05, 0) is 0 Å². The van der Waals surface area contributed by atoms with Crippen LogP contribution in [-0.4, -0.2) is 14.5 Å². The summed E-state index contributed by atoms with van der Waals surface area (Å²) in [6, 6.07) is 65.6. The summed E-state index contributed by atoms with van der Waals surface area (Å²) in [5.74, 6) is 0. The van der Waals surface area contributed by atoms with Crippen molar-refractivity contribution in [3.8, 4) is 43.8 Å². The SMILES string of the molecule is c1ccc(-c2c3ccccc3c(-c3ccc4c(c3)[se]c3c(-c5c6ccccc6c(-c6cccs6)c6ccccc56)cccc34)c3ccccc23)cc1. The van der Waals surface area contributed by atoms with Gasteiger partial charge in [0.15, 0.2) is 0 Å². The van der Waals surface area contributed by atoms with Crippen molar-refractivity contribution in [1.29, 1.82) is 0 Å². The maximum atomic E-state index is 2.51. The van der Waals surface area contributed by atoms with Gasteiger partial charge in [-0.1, -0.05) is 0 Å². The summed E-state index contributed by atoms with van der Waals surface area (Å²) in [5, 5.41) is 15.4. The van der Waals surface area contributed by atoms with Crippen LogP contribution in [0.5, 0.6) is 0 Å². The number of rotatable bonds is 4. The Morgan fingerprint density at radius 3 is 1.38 bits per heavy atom. The molecule has 0 radical (unpaired) electrons. The van der Waals surface area contributed by atoms with Crippen molar-refractivity contribution < 1.29 is 0 Å². The number of hydrogen-bond acceptors (Lipinski definition) is 1. The van der Waals surface area contributed by atoms with Gasteiger partial charge in [-0.3, -0.25) is 0 Å². The molecule has 0 atom stereocenters. The van der Waals surface area contributed by atoms with Crippen molar-refractivity contribution in [3.63, 3.8) is 0 Å². The molecular formula is C50H30SSe. The maximum absolute atomic E-state index is 2.51. The van der Waals surface area contributed by atoms with Crippen LogP contribution in [0.4, 0.5) is 0 Å². The van der Waals surface area contributed by atoms with Gasteiger partial charge >= 0.3 is 313 Å². The van der Waals surface area contributed by atoms with Gasteiger partial charge in [0.2, 0.25) is 0 Å². The average molecular weight is 742 g/mol. The minimum absolute atomic E-state index is 0.140. The van der Waals surface area contributed by atoms with E-state index < -0.39 is 0 Å². The number of hydrogen-bond donors (Lipinski definition) is 0. The third-order valence-electron chi connectivity index (χ3n) is 10.7. The van der Waals surface area contributed by atoms with Gasteiger partial charge in [0, 0.05) is 0 Å². The van der Waals surface area contributed by atoms with Crippen LogP contribution in [-0.2, 0) is 0 Å². The van der Waals surface area contributed by atoms with Gasteiger partial charge in [0.25, 0.3) is 0 Å². The van der Waals surface area contributed by atoms with Crippen molar-refractivity contribution in [2.75, 3.05) is 0 Å². The van der Waals surface area contributed by atoms with Crippen molar-refractivity contribution in [2.45, 2.75) is 0 Å². The Labute approximate surface area is 311 Å². The van der Waals surface area contributed by atoms with E-state index in [-0.39, 0.29) is 14.5 Å². The molecule has 0 spiro atoms.